The summed E-state index contributed by atoms with van der Waals surface area (Å²) in [4.78, 5) is 0. The van der Waals surface area contributed by atoms with E-state index in [1.165, 1.54) is 12.1 Å². The minimum Gasteiger partial charge on any atom is -0.311 e. The predicted molar refractivity (Wildman–Crippen MR) is 65.9 cm³/mol. The fourth-order valence-electron chi connectivity index (χ4n) is 1.51. The van der Waals surface area contributed by atoms with Gasteiger partial charge < -0.3 is 5.32 Å². The topological polar surface area (TPSA) is 29.9 Å². The molecule has 0 atom stereocenters. The molecule has 90 valence electrons. The summed E-state index contributed by atoms with van der Waals surface area (Å²) in [5, 5.41) is 7.89. The highest BCUT2D eigenvalue weighted by molar-refractivity contribution is 6.32. The zero-order chi connectivity index (χ0) is 12.3. The molecule has 0 aliphatic heterocycles. The van der Waals surface area contributed by atoms with Crippen molar-refractivity contribution in [3.63, 3.8) is 0 Å². The molecule has 0 amide bonds. The first-order chi connectivity index (χ1) is 8.20. The van der Waals surface area contributed by atoms with E-state index < -0.39 is 0 Å². The van der Waals surface area contributed by atoms with E-state index in [4.69, 9.17) is 11.6 Å². The third-order valence-corrected chi connectivity index (χ3v) is 2.66. The largest absolute Gasteiger partial charge is 0.311 e. The van der Waals surface area contributed by atoms with E-state index in [0.717, 1.165) is 12.2 Å². The lowest BCUT2D eigenvalue weighted by Gasteiger charge is -2.04. The maximum atomic E-state index is 12.9. The van der Waals surface area contributed by atoms with Crippen LogP contribution in [0.3, 0.4) is 0 Å². The monoisotopic (exact) mass is 253 g/mol. The van der Waals surface area contributed by atoms with Crippen molar-refractivity contribution in [3.8, 4) is 5.69 Å². The normalized spacial score (nSPS) is 10.8. The molecule has 1 aromatic carbocycles. The van der Waals surface area contributed by atoms with E-state index in [9.17, 15) is 4.39 Å². The van der Waals surface area contributed by atoms with Crippen LogP contribution in [0.1, 0.15) is 12.6 Å². The number of nitrogens with one attached hydrogen (secondary N) is 1. The van der Waals surface area contributed by atoms with Crippen LogP contribution in [0.25, 0.3) is 5.69 Å². The maximum Gasteiger partial charge on any atom is 0.124 e. The fraction of sp³-hybridized carbons (Fsp3) is 0.250. The Hall–Kier alpha value is -1.39. The summed E-state index contributed by atoms with van der Waals surface area (Å²) < 4.78 is 14.6. The van der Waals surface area contributed by atoms with Crippen LogP contribution < -0.4 is 5.32 Å². The molecule has 2 aromatic rings. The Balaban J connectivity index is 2.24. The maximum absolute atomic E-state index is 12.9. The molecule has 1 heterocycles. The van der Waals surface area contributed by atoms with E-state index >= 15 is 0 Å². The van der Waals surface area contributed by atoms with Crippen LogP contribution in [0.15, 0.2) is 30.5 Å². The molecule has 3 nitrogen and oxygen atoms in total. The van der Waals surface area contributed by atoms with E-state index in [2.05, 4.69) is 10.4 Å². The van der Waals surface area contributed by atoms with Crippen LogP contribution in [0.4, 0.5) is 4.39 Å². The Labute approximate surface area is 104 Å². The molecular formula is C12H13ClFN3. The summed E-state index contributed by atoms with van der Waals surface area (Å²) in [6, 6.07) is 6.17. The molecule has 0 aliphatic rings. The van der Waals surface area contributed by atoms with E-state index in [0.29, 0.717) is 17.3 Å². The highest BCUT2D eigenvalue weighted by Gasteiger charge is 2.06. The Morgan fingerprint density at radius 2 is 2.24 bits per heavy atom. The molecule has 0 radical (unpaired) electrons. The summed E-state index contributed by atoms with van der Waals surface area (Å²) in [6.07, 6.45) is 1.81. The van der Waals surface area contributed by atoms with E-state index in [-0.39, 0.29) is 5.82 Å². The van der Waals surface area contributed by atoms with Crippen LogP contribution >= 0.6 is 11.6 Å². The number of halogens is 2. The van der Waals surface area contributed by atoms with Gasteiger partial charge in [0.25, 0.3) is 0 Å². The Bertz CT molecular complexity index is 510. The van der Waals surface area contributed by atoms with Crippen molar-refractivity contribution in [1.82, 2.24) is 15.1 Å². The van der Waals surface area contributed by atoms with Gasteiger partial charge in [0, 0.05) is 12.7 Å². The zero-order valence-electron chi connectivity index (χ0n) is 9.45. The Kier molecular flexibility index (Phi) is 3.76. The summed E-state index contributed by atoms with van der Waals surface area (Å²) >= 11 is 5.96. The van der Waals surface area contributed by atoms with Gasteiger partial charge in [-0.1, -0.05) is 18.5 Å². The highest BCUT2D eigenvalue weighted by Crippen LogP contribution is 2.20. The molecule has 0 bridgehead atoms. The summed E-state index contributed by atoms with van der Waals surface area (Å²) in [5.74, 6) is -0.348. The van der Waals surface area contributed by atoms with Gasteiger partial charge in [-0.05, 0) is 30.8 Å². The fourth-order valence-corrected chi connectivity index (χ4v) is 1.76. The number of aromatic nitrogens is 2. The number of hydrogen-bond acceptors (Lipinski definition) is 2. The molecule has 0 aliphatic carbocycles. The minimum atomic E-state index is -0.348. The highest BCUT2D eigenvalue weighted by atomic mass is 35.5. The lowest BCUT2D eigenvalue weighted by molar-refractivity contribution is 0.627. The predicted octanol–water partition coefficient (Wildman–Crippen LogP) is 2.77. The molecule has 0 fully saturated rings. The van der Waals surface area contributed by atoms with Crippen LogP contribution in [-0.4, -0.2) is 16.3 Å². The third kappa shape index (κ3) is 2.84. The molecule has 17 heavy (non-hydrogen) atoms. The van der Waals surface area contributed by atoms with Gasteiger partial charge in [0.15, 0.2) is 0 Å². The Morgan fingerprint density at radius 1 is 1.41 bits per heavy atom. The van der Waals surface area contributed by atoms with Gasteiger partial charge in [-0.25, -0.2) is 9.07 Å². The number of hydrogen-bond donors (Lipinski definition) is 1. The van der Waals surface area contributed by atoms with Gasteiger partial charge >= 0.3 is 0 Å². The molecule has 0 saturated heterocycles. The molecule has 0 unspecified atom stereocenters. The van der Waals surface area contributed by atoms with Gasteiger partial charge in [0.05, 0.1) is 16.4 Å². The van der Waals surface area contributed by atoms with Crippen LogP contribution in [0.2, 0.25) is 5.02 Å². The second kappa shape index (κ2) is 5.29. The van der Waals surface area contributed by atoms with E-state index in [1.807, 2.05) is 19.2 Å². The van der Waals surface area contributed by atoms with Crippen molar-refractivity contribution in [2.45, 2.75) is 13.5 Å². The lowest BCUT2D eigenvalue weighted by atomic mass is 10.3. The summed E-state index contributed by atoms with van der Waals surface area (Å²) in [7, 11) is 0. The van der Waals surface area contributed by atoms with Crippen molar-refractivity contribution in [2.75, 3.05) is 6.54 Å². The van der Waals surface area contributed by atoms with Gasteiger partial charge in [0.1, 0.15) is 5.82 Å². The van der Waals surface area contributed by atoms with Crippen molar-refractivity contribution >= 4 is 11.6 Å². The van der Waals surface area contributed by atoms with Crippen LogP contribution in [0.5, 0.6) is 0 Å². The van der Waals surface area contributed by atoms with Gasteiger partial charge in [-0.15, -0.1) is 0 Å². The number of rotatable bonds is 4. The van der Waals surface area contributed by atoms with Gasteiger partial charge in [-0.2, -0.15) is 5.10 Å². The van der Waals surface area contributed by atoms with Crippen LogP contribution in [-0.2, 0) is 6.54 Å². The van der Waals surface area contributed by atoms with Gasteiger partial charge in [0.2, 0.25) is 0 Å². The second-order valence-electron chi connectivity index (χ2n) is 3.63. The molecule has 0 saturated carbocycles. The summed E-state index contributed by atoms with van der Waals surface area (Å²) in [5.41, 5.74) is 1.60. The number of nitrogens with zero attached hydrogens (tertiary/aromatic N) is 2. The third-order valence-electron chi connectivity index (χ3n) is 2.36. The quantitative estimate of drug-likeness (QED) is 0.908. The molecule has 0 spiro atoms. The Morgan fingerprint density at radius 3 is 2.94 bits per heavy atom. The van der Waals surface area contributed by atoms with Crippen molar-refractivity contribution in [3.05, 3.63) is 47.0 Å². The minimum absolute atomic E-state index is 0.348. The molecule has 5 heteroatoms. The van der Waals surface area contributed by atoms with Crippen molar-refractivity contribution in [2.24, 2.45) is 0 Å². The first-order valence-corrected chi connectivity index (χ1v) is 5.79. The average molecular weight is 254 g/mol. The standard InChI is InChI=1S/C12H13ClFN3/c1-2-15-8-10-5-6-17(16-10)12-4-3-9(14)7-11(12)13/h3-7,15H,2,8H2,1H3. The first-order valence-electron chi connectivity index (χ1n) is 5.41. The molecule has 2 rings (SSSR count). The average Bonchev–Trinajstić information content (AvgIpc) is 2.75. The molecular weight excluding hydrogens is 241 g/mol. The second-order valence-corrected chi connectivity index (χ2v) is 4.03. The van der Waals surface area contributed by atoms with Crippen molar-refractivity contribution in [1.29, 1.82) is 0 Å². The van der Waals surface area contributed by atoms with Gasteiger partial charge in [-0.3, -0.25) is 0 Å². The van der Waals surface area contributed by atoms with E-state index in [1.54, 1.807) is 10.7 Å². The van der Waals surface area contributed by atoms with Crippen molar-refractivity contribution < 1.29 is 4.39 Å². The SMILES string of the molecule is CCNCc1ccn(-c2ccc(F)cc2Cl)n1. The van der Waals surface area contributed by atoms with Crippen LogP contribution in [0, 0.1) is 5.82 Å². The number of benzene rings is 1. The zero-order valence-corrected chi connectivity index (χ0v) is 10.2. The molecule has 1 aromatic heterocycles. The summed E-state index contributed by atoms with van der Waals surface area (Å²) in [6.45, 7) is 3.64. The first kappa shape index (κ1) is 12.1. The molecule has 1 N–H and O–H groups in total. The smallest absolute Gasteiger partial charge is 0.124 e. The lowest BCUT2D eigenvalue weighted by Crippen LogP contribution is -2.12.